The fourth-order valence-electron chi connectivity index (χ4n) is 3.33. The van der Waals surface area contributed by atoms with Crippen LogP contribution in [0.25, 0.3) is 11.0 Å². The molecule has 2 heterocycles. The molecule has 1 aliphatic heterocycles. The molecule has 2 aromatic carbocycles. The smallest absolute Gasteiger partial charge is 0.337 e. The van der Waals surface area contributed by atoms with Crippen LogP contribution in [-0.4, -0.2) is 22.6 Å². The molecule has 0 amide bonds. The molecule has 0 spiro atoms. The molecule has 0 aliphatic carbocycles. The fourth-order valence-corrected chi connectivity index (χ4v) is 3.33. The van der Waals surface area contributed by atoms with Gasteiger partial charge in [-0.05, 0) is 25.1 Å². The van der Waals surface area contributed by atoms with Crippen molar-refractivity contribution in [1.29, 1.82) is 0 Å². The summed E-state index contributed by atoms with van der Waals surface area (Å²) in [6, 6.07) is 13.4. The predicted molar refractivity (Wildman–Crippen MR) is 92.6 cm³/mol. The van der Waals surface area contributed by atoms with Crippen LogP contribution in [-0.2, 0) is 9.53 Å². The monoisotopic (exact) mass is 337 g/mol. The number of carbonyl (C=O) groups excluding carboxylic acids is 1. The summed E-state index contributed by atoms with van der Waals surface area (Å²) in [5.74, 6) is -0.311. The standard InChI is InChI=1S/C19H16FN3O2/c1-11-16(18(24)25-2)17(12-7-3-4-8-13(12)20)23-15-10-6-5-9-14(15)22-19(23)21-11/h3-10,17H,1-2H3,(H,21,22)/t17-/m0/s1. The molecule has 6 heteroatoms. The molecule has 126 valence electrons. The van der Waals surface area contributed by atoms with Gasteiger partial charge in [0, 0.05) is 11.3 Å². The topological polar surface area (TPSA) is 56.1 Å². The van der Waals surface area contributed by atoms with Crippen molar-refractivity contribution >= 4 is 23.0 Å². The van der Waals surface area contributed by atoms with Gasteiger partial charge in [0.1, 0.15) is 5.82 Å². The Balaban J connectivity index is 2.05. The molecule has 0 saturated heterocycles. The fraction of sp³-hybridized carbons (Fsp3) is 0.158. The van der Waals surface area contributed by atoms with Crippen molar-refractivity contribution in [3.05, 3.63) is 71.2 Å². The summed E-state index contributed by atoms with van der Waals surface area (Å²) in [7, 11) is 1.32. The first-order valence-electron chi connectivity index (χ1n) is 7.89. The number of anilines is 1. The number of rotatable bonds is 2. The number of hydrogen-bond donors (Lipinski definition) is 1. The Morgan fingerprint density at radius 1 is 1.20 bits per heavy atom. The molecule has 1 N–H and O–H groups in total. The molecule has 1 aliphatic rings. The van der Waals surface area contributed by atoms with E-state index in [1.54, 1.807) is 25.1 Å². The van der Waals surface area contributed by atoms with E-state index in [-0.39, 0.29) is 5.82 Å². The number of aromatic nitrogens is 2. The molecular formula is C19H16FN3O2. The Morgan fingerprint density at radius 2 is 1.92 bits per heavy atom. The third-order valence-corrected chi connectivity index (χ3v) is 4.44. The normalized spacial score (nSPS) is 16.5. The summed E-state index contributed by atoms with van der Waals surface area (Å²) in [5.41, 5.74) is 2.94. The summed E-state index contributed by atoms with van der Waals surface area (Å²) in [6.45, 7) is 1.77. The highest BCUT2D eigenvalue weighted by molar-refractivity contribution is 5.94. The van der Waals surface area contributed by atoms with Crippen LogP contribution in [0.1, 0.15) is 18.5 Å². The van der Waals surface area contributed by atoms with E-state index < -0.39 is 12.0 Å². The third kappa shape index (κ3) is 2.29. The van der Waals surface area contributed by atoms with Crippen LogP contribution in [0.4, 0.5) is 10.3 Å². The molecule has 25 heavy (non-hydrogen) atoms. The lowest BCUT2D eigenvalue weighted by Crippen LogP contribution is -2.29. The van der Waals surface area contributed by atoms with E-state index in [1.807, 2.05) is 28.8 Å². The largest absolute Gasteiger partial charge is 0.466 e. The maximum atomic E-state index is 14.6. The minimum Gasteiger partial charge on any atom is -0.466 e. The van der Waals surface area contributed by atoms with Crippen LogP contribution in [0.5, 0.6) is 0 Å². The summed E-state index contributed by atoms with van der Waals surface area (Å²) in [5, 5.41) is 3.14. The van der Waals surface area contributed by atoms with Gasteiger partial charge in [-0.3, -0.25) is 4.57 Å². The van der Waals surface area contributed by atoms with E-state index in [0.29, 0.717) is 22.8 Å². The molecule has 0 saturated carbocycles. The molecule has 4 rings (SSSR count). The van der Waals surface area contributed by atoms with Gasteiger partial charge in [0.15, 0.2) is 0 Å². The van der Waals surface area contributed by atoms with Crippen LogP contribution in [0, 0.1) is 5.82 Å². The zero-order valence-electron chi connectivity index (χ0n) is 13.8. The van der Waals surface area contributed by atoms with E-state index in [2.05, 4.69) is 10.3 Å². The van der Waals surface area contributed by atoms with Crippen molar-refractivity contribution in [2.75, 3.05) is 12.4 Å². The molecule has 0 radical (unpaired) electrons. The zero-order valence-corrected chi connectivity index (χ0v) is 13.8. The lowest BCUT2D eigenvalue weighted by atomic mass is 9.94. The summed E-state index contributed by atoms with van der Waals surface area (Å²) >= 11 is 0. The first-order chi connectivity index (χ1) is 12.1. The number of methoxy groups -OCH3 is 1. The van der Waals surface area contributed by atoms with Crippen molar-refractivity contribution in [1.82, 2.24) is 9.55 Å². The van der Waals surface area contributed by atoms with Gasteiger partial charge in [0.25, 0.3) is 0 Å². The number of benzene rings is 2. The maximum absolute atomic E-state index is 14.6. The van der Waals surface area contributed by atoms with E-state index in [0.717, 1.165) is 11.0 Å². The Hall–Kier alpha value is -3.15. The van der Waals surface area contributed by atoms with E-state index in [4.69, 9.17) is 4.74 Å². The van der Waals surface area contributed by atoms with Crippen molar-refractivity contribution in [3.8, 4) is 0 Å². The highest BCUT2D eigenvalue weighted by Crippen LogP contribution is 2.40. The van der Waals surface area contributed by atoms with Gasteiger partial charge >= 0.3 is 5.97 Å². The van der Waals surface area contributed by atoms with Crippen LogP contribution >= 0.6 is 0 Å². The minimum atomic E-state index is -0.655. The lowest BCUT2D eigenvalue weighted by Gasteiger charge is -2.30. The molecule has 0 unspecified atom stereocenters. The number of imidazole rings is 1. The Bertz CT molecular complexity index is 1020. The number of carbonyl (C=O) groups is 1. The van der Waals surface area contributed by atoms with Gasteiger partial charge < -0.3 is 10.1 Å². The number of ether oxygens (including phenoxy) is 1. The quantitative estimate of drug-likeness (QED) is 0.726. The summed E-state index contributed by atoms with van der Waals surface area (Å²) in [6.07, 6.45) is 0. The molecule has 1 aromatic heterocycles. The second-order valence-corrected chi connectivity index (χ2v) is 5.87. The second kappa shape index (κ2) is 5.73. The number of nitrogens with one attached hydrogen (secondary N) is 1. The first-order valence-corrected chi connectivity index (χ1v) is 7.89. The zero-order chi connectivity index (χ0) is 17.6. The van der Waals surface area contributed by atoms with Crippen molar-refractivity contribution in [2.24, 2.45) is 0 Å². The van der Waals surface area contributed by atoms with Crippen molar-refractivity contribution in [2.45, 2.75) is 13.0 Å². The molecule has 0 fully saturated rings. The van der Waals surface area contributed by atoms with Gasteiger partial charge in [-0.15, -0.1) is 0 Å². The van der Waals surface area contributed by atoms with Crippen molar-refractivity contribution in [3.63, 3.8) is 0 Å². The van der Waals surface area contributed by atoms with Gasteiger partial charge in [0.2, 0.25) is 5.95 Å². The number of allylic oxidation sites excluding steroid dienone is 1. The lowest BCUT2D eigenvalue weighted by molar-refractivity contribution is -0.136. The Morgan fingerprint density at radius 3 is 2.68 bits per heavy atom. The van der Waals surface area contributed by atoms with E-state index in [1.165, 1.54) is 13.2 Å². The number of halogens is 1. The number of hydrogen-bond acceptors (Lipinski definition) is 4. The summed E-state index contributed by atoms with van der Waals surface area (Å²) < 4.78 is 21.4. The number of nitrogens with zero attached hydrogens (tertiary/aromatic N) is 2. The third-order valence-electron chi connectivity index (χ3n) is 4.44. The Labute approximate surface area is 143 Å². The van der Waals surface area contributed by atoms with E-state index in [9.17, 15) is 9.18 Å². The van der Waals surface area contributed by atoms with Crippen molar-refractivity contribution < 1.29 is 13.9 Å². The predicted octanol–water partition coefficient (Wildman–Crippen LogP) is 3.64. The number of para-hydroxylation sites is 2. The minimum absolute atomic E-state index is 0.364. The SMILES string of the molecule is COC(=O)C1=C(C)Nc2nc3ccccc3n2[C@H]1c1ccccc1F. The van der Waals surface area contributed by atoms with Crippen LogP contribution in [0.2, 0.25) is 0 Å². The molecule has 0 bridgehead atoms. The highest BCUT2D eigenvalue weighted by Gasteiger charge is 2.35. The summed E-state index contributed by atoms with van der Waals surface area (Å²) in [4.78, 5) is 17.0. The van der Waals surface area contributed by atoms with Crippen LogP contribution in [0.15, 0.2) is 59.8 Å². The molecule has 1 atom stereocenters. The van der Waals surface area contributed by atoms with Crippen LogP contribution in [0.3, 0.4) is 0 Å². The van der Waals surface area contributed by atoms with Crippen LogP contribution < -0.4 is 5.32 Å². The average Bonchev–Trinajstić information content (AvgIpc) is 2.98. The maximum Gasteiger partial charge on any atom is 0.337 e. The van der Waals surface area contributed by atoms with Gasteiger partial charge in [0.05, 0.1) is 29.8 Å². The highest BCUT2D eigenvalue weighted by atomic mass is 19.1. The van der Waals surface area contributed by atoms with E-state index >= 15 is 0 Å². The van der Waals surface area contributed by atoms with Gasteiger partial charge in [-0.1, -0.05) is 30.3 Å². The van der Waals surface area contributed by atoms with Gasteiger partial charge in [-0.2, -0.15) is 0 Å². The molecule has 3 aromatic rings. The van der Waals surface area contributed by atoms with Gasteiger partial charge in [-0.25, -0.2) is 14.2 Å². The second-order valence-electron chi connectivity index (χ2n) is 5.87. The Kier molecular flexibility index (Phi) is 3.53. The number of esters is 1. The first kappa shape index (κ1) is 15.4. The molecular weight excluding hydrogens is 321 g/mol. The average molecular weight is 337 g/mol. The molecule has 5 nitrogen and oxygen atoms in total. The number of fused-ring (bicyclic) bond motifs is 3.